The number of non-ortho nitro benzene ring substituents is 1. The molecule has 0 aliphatic carbocycles. The first-order valence-corrected chi connectivity index (χ1v) is 18.2. The highest BCUT2D eigenvalue weighted by Gasteiger charge is 2.44. The Labute approximate surface area is 303 Å². The number of rotatable bonds is 15. The number of hydrogen-bond acceptors (Lipinski definition) is 14. The number of carbonyl (C=O) groups excluding carboxylic acids is 1. The van der Waals surface area contributed by atoms with Crippen LogP contribution >= 0.6 is 0 Å². The van der Waals surface area contributed by atoms with Crippen LogP contribution in [0, 0.1) is 32.1 Å². The van der Waals surface area contributed by atoms with E-state index in [1.165, 1.54) is 30.3 Å². The molecule has 3 aromatic carbocycles. The maximum Gasteiger partial charge on any atom is 0.407 e. The highest BCUT2D eigenvalue weighted by atomic mass is 32.2. The Morgan fingerprint density at radius 2 is 1.75 bits per heavy atom. The molecule has 18 nitrogen and oxygen atoms in total. The number of sulfonamides is 1. The van der Waals surface area contributed by atoms with Gasteiger partial charge >= 0.3 is 11.8 Å². The highest BCUT2D eigenvalue weighted by molar-refractivity contribution is 7.89. The van der Waals surface area contributed by atoms with Crippen LogP contribution < -0.4 is 19.5 Å². The fraction of sp³-hybridized carbons (Fsp3) is 0.441. The van der Waals surface area contributed by atoms with Gasteiger partial charge in [0, 0.05) is 25.2 Å². The molecule has 0 spiro atoms. The maximum atomic E-state index is 13.9. The van der Waals surface area contributed by atoms with Crippen LogP contribution in [0.15, 0.2) is 65.6 Å². The number of alkyl carbamates (subject to hydrolysis) is 1. The largest absolute Gasteiger partial charge is 0.454 e. The zero-order chi connectivity index (χ0) is 37.9. The maximum absolute atomic E-state index is 13.9. The van der Waals surface area contributed by atoms with Crippen LogP contribution in [0.25, 0.3) is 0 Å². The van der Waals surface area contributed by atoms with Gasteiger partial charge in [-0.15, -0.1) is 0 Å². The summed E-state index contributed by atoms with van der Waals surface area (Å²) >= 11 is 0. The number of nitrogens with one attached hydrogen (secondary N) is 1. The van der Waals surface area contributed by atoms with Crippen LogP contribution in [0.3, 0.4) is 0 Å². The lowest BCUT2D eigenvalue weighted by Gasteiger charge is -2.31. The minimum atomic E-state index is -4.17. The number of carbonyl (C=O) groups is 1. The predicted molar refractivity (Wildman–Crippen MR) is 183 cm³/mol. The molecule has 2 saturated heterocycles. The molecule has 6 rings (SSSR count). The van der Waals surface area contributed by atoms with Crippen molar-refractivity contribution in [2.24, 2.45) is 11.8 Å². The molecule has 284 valence electrons. The molecule has 19 heteroatoms. The third kappa shape index (κ3) is 8.77. The van der Waals surface area contributed by atoms with Gasteiger partial charge in [-0.2, -0.15) is 4.31 Å². The van der Waals surface area contributed by atoms with Crippen molar-refractivity contribution in [3.8, 4) is 23.0 Å². The Bertz CT molecular complexity index is 1940. The van der Waals surface area contributed by atoms with Gasteiger partial charge in [-0.05, 0) is 54.7 Å². The molecular weight excluding hydrogens is 720 g/mol. The fourth-order valence-corrected chi connectivity index (χ4v) is 7.91. The summed E-state index contributed by atoms with van der Waals surface area (Å²) in [6, 6.07) is 12.4. The zero-order valence-electron chi connectivity index (χ0n) is 28.7. The van der Waals surface area contributed by atoms with Crippen molar-refractivity contribution >= 4 is 27.5 Å². The molecule has 0 unspecified atom stereocenters. The molecule has 2 fully saturated rings. The van der Waals surface area contributed by atoms with Gasteiger partial charge in [-0.25, -0.2) is 13.2 Å². The second kappa shape index (κ2) is 15.9. The number of nitrogens with zero attached hydrogens (tertiary/aromatic N) is 3. The summed E-state index contributed by atoms with van der Waals surface area (Å²) in [5.41, 5.74) is -0.496. The Balaban J connectivity index is 1.21. The lowest BCUT2D eigenvalue weighted by atomic mass is 10.0. The van der Waals surface area contributed by atoms with E-state index in [-0.39, 0.29) is 60.3 Å². The molecule has 3 heterocycles. The number of nitro groups is 2. The number of amides is 1. The van der Waals surface area contributed by atoms with Gasteiger partial charge < -0.3 is 38.8 Å². The molecule has 53 heavy (non-hydrogen) atoms. The lowest BCUT2D eigenvalue weighted by molar-refractivity contribution is -0.394. The van der Waals surface area contributed by atoms with E-state index in [1.807, 2.05) is 13.8 Å². The Hall–Kier alpha value is -5.08. The number of fused-ring (bicyclic) bond motifs is 2. The second-order valence-electron chi connectivity index (χ2n) is 13.1. The molecule has 1 amide bonds. The predicted octanol–water partition coefficient (Wildman–Crippen LogP) is 4.13. The number of nitro benzene ring substituents is 2. The van der Waals surface area contributed by atoms with Gasteiger partial charge in [0.15, 0.2) is 17.8 Å². The zero-order valence-corrected chi connectivity index (χ0v) is 29.5. The minimum absolute atomic E-state index is 0.00411. The van der Waals surface area contributed by atoms with Crippen LogP contribution in [0.5, 0.6) is 23.0 Å². The van der Waals surface area contributed by atoms with Crippen LogP contribution in [-0.4, -0.2) is 91.4 Å². The third-order valence-electron chi connectivity index (χ3n) is 8.91. The number of ether oxygens (including phenoxy) is 6. The summed E-state index contributed by atoms with van der Waals surface area (Å²) in [5, 5.41) is 37.1. The van der Waals surface area contributed by atoms with E-state index < -0.39 is 68.4 Å². The molecule has 0 radical (unpaired) electrons. The van der Waals surface area contributed by atoms with Crippen molar-refractivity contribution in [2.75, 3.05) is 33.1 Å². The van der Waals surface area contributed by atoms with Crippen molar-refractivity contribution in [3.05, 3.63) is 86.5 Å². The molecule has 0 bridgehead atoms. The minimum Gasteiger partial charge on any atom is -0.454 e. The summed E-state index contributed by atoms with van der Waals surface area (Å²) in [4.78, 5) is 34.4. The van der Waals surface area contributed by atoms with Crippen LogP contribution in [0.1, 0.15) is 25.8 Å². The van der Waals surface area contributed by atoms with E-state index in [0.717, 1.165) is 22.5 Å². The van der Waals surface area contributed by atoms with Crippen molar-refractivity contribution in [1.82, 2.24) is 9.62 Å². The van der Waals surface area contributed by atoms with E-state index in [1.54, 1.807) is 12.1 Å². The van der Waals surface area contributed by atoms with Gasteiger partial charge in [-0.3, -0.25) is 20.2 Å². The first-order chi connectivity index (χ1) is 25.3. The number of aliphatic hydroxyl groups excluding tert-OH is 1. The smallest absolute Gasteiger partial charge is 0.407 e. The molecule has 3 aromatic rings. The molecular formula is C34H38N4O14S. The van der Waals surface area contributed by atoms with Crippen molar-refractivity contribution in [2.45, 2.75) is 56.1 Å². The summed E-state index contributed by atoms with van der Waals surface area (Å²) in [5.74, 6) is 0.364. The highest BCUT2D eigenvalue weighted by Crippen LogP contribution is 2.37. The molecule has 0 aromatic heterocycles. The average molecular weight is 759 g/mol. The third-order valence-corrected chi connectivity index (χ3v) is 10.7. The van der Waals surface area contributed by atoms with Crippen molar-refractivity contribution in [1.29, 1.82) is 0 Å². The summed E-state index contributed by atoms with van der Waals surface area (Å²) in [6.45, 7) is 3.90. The van der Waals surface area contributed by atoms with Gasteiger partial charge in [0.1, 0.15) is 11.9 Å². The molecule has 0 saturated carbocycles. The average Bonchev–Trinajstić information content (AvgIpc) is 3.87. The summed E-state index contributed by atoms with van der Waals surface area (Å²) in [6.07, 6.45) is -2.67. The SMILES string of the molecule is CC(C)CN(C[C@@H](O)[C@H](Cc1ccc(Oc2ccc([N+](=O)[O-])cc2[N+](=O)[O-])cc1)NC(=O)O[C@H]1CO[C@H]2OCC[C@H]21)S(=O)(=O)c1ccc2c(c1)OCO2. The molecule has 3 aliphatic rings. The topological polar surface area (TPSA) is 228 Å². The molecule has 5 atom stereocenters. The lowest BCUT2D eigenvalue weighted by Crippen LogP contribution is -2.51. The number of hydrogen-bond donors (Lipinski definition) is 2. The van der Waals surface area contributed by atoms with Crippen LogP contribution in [-0.2, 0) is 30.7 Å². The second-order valence-corrected chi connectivity index (χ2v) is 15.1. The summed E-state index contributed by atoms with van der Waals surface area (Å²) in [7, 11) is -4.17. The van der Waals surface area contributed by atoms with Gasteiger partial charge in [0.25, 0.3) is 5.69 Å². The van der Waals surface area contributed by atoms with E-state index in [4.69, 9.17) is 28.4 Å². The van der Waals surface area contributed by atoms with E-state index >= 15 is 0 Å². The van der Waals surface area contributed by atoms with Crippen molar-refractivity contribution in [3.63, 3.8) is 0 Å². The first-order valence-electron chi connectivity index (χ1n) is 16.8. The van der Waals surface area contributed by atoms with Gasteiger partial charge in [0.2, 0.25) is 22.6 Å². The molecule has 2 N–H and O–H groups in total. The number of benzene rings is 3. The molecule has 3 aliphatic heterocycles. The Morgan fingerprint density at radius 1 is 1.00 bits per heavy atom. The normalized spacial score (nSPS) is 20.2. The quantitative estimate of drug-likeness (QED) is 0.164. The van der Waals surface area contributed by atoms with Crippen molar-refractivity contribution < 1.29 is 56.6 Å². The monoisotopic (exact) mass is 758 g/mol. The van der Waals surface area contributed by atoms with Gasteiger partial charge in [0.05, 0.1) is 52.1 Å². The van der Waals surface area contributed by atoms with E-state index in [9.17, 15) is 38.5 Å². The van der Waals surface area contributed by atoms with E-state index in [2.05, 4.69) is 5.32 Å². The Kier molecular flexibility index (Phi) is 11.3. The number of aliphatic hydroxyl groups is 1. The standard InChI is InChI=1S/C34H38N4O14S/c1-20(2)16-36(53(45,46)24-8-10-30-31(15-24)50-19-49-30)17-28(39)26(35-34(40)52-32-18-48-33-25(32)11-12-47-33)13-21-3-6-23(7-4-21)51-29-9-5-22(37(41)42)14-27(29)38(43)44/h3-10,14-15,20,25-26,28,32-33,39H,11-13,16-19H2,1-2H3,(H,35,40)/t25-,26-,28+,32-,33+/m0/s1. The van der Waals surface area contributed by atoms with E-state index in [0.29, 0.717) is 24.3 Å². The van der Waals surface area contributed by atoms with Crippen LogP contribution in [0.2, 0.25) is 0 Å². The van der Waals surface area contributed by atoms with Gasteiger partial charge in [-0.1, -0.05) is 26.0 Å². The fourth-order valence-electron chi connectivity index (χ4n) is 6.28. The first kappa shape index (κ1) is 37.7. The summed E-state index contributed by atoms with van der Waals surface area (Å²) < 4.78 is 62.2. The van der Waals surface area contributed by atoms with Crippen LogP contribution in [0.4, 0.5) is 16.2 Å². The Morgan fingerprint density at radius 3 is 2.47 bits per heavy atom.